The standard InChI is InChI=1S/C24H34F3N3O3/c1-14(2)22(32)19-12-18(30(5)15(3)4)9-10-20(19)29-21(31)13-28-23(33)16-7-6-8-17(11-16)24(25,26)27/h6-8,11,14-15,18-20H,9-10,12-13H2,1-5H3,(H,28,33)(H,29,31)/t18-,19+,20+/m1/s1. The van der Waals surface area contributed by atoms with E-state index in [9.17, 15) is 27.6 Å². The number of carbonyl (C=O) groups excluding carboxylic acids is 3. The smallest absolute Gasteiger partial charge is 0.351 e. The van der Waals surface area contributed by atoms with Gasteiger partial charge >= 0.3 is 6.18 Å². The maximum Gasteiger partial charge on any atom is 0.416 e. The Hall–Kier alpha value is -2.42. The van der Waals surface area contributed by atoms with Gasteiger partial charge in [0.2, 0.25) is 5.91 Å². The largest absolute Gasteiger partial charge is 0.416 e. The normalized spacial score (nSPS) is 21.4. The molecular weight excluding hydrogens is 435 g/mol. The van der Waals surface area contributed by atoms with Crippen LogP contribution < -0.4 is 10.6 Å². The highest BCUT2D eigenvalue weighted by molar-refractivity contribution is 5.96. The number of nitrogens with zero attached hydrogens (tertiary/aromatic N) is 1. The molecule has 1 aliphatic carbocycles. The second-order valence-corrected chi connectivity index (χ2v) is 9.32. The van der Waals surface area contributed by atoms with Crippen LogP contribution in [0.1, 0.15) is 62.9 Å². The summed E-state index contributed by atoms with van der Waals surface area (Å²) in [4.78, 5) is 39.9. The zero-order valence-electron chi connectivity index (χ0n) is 19.8. The fraction of sp³-hybridized carbons (Fsp3) is 0.625. The summed E-state index contributed by atoms with van der Waals surface area (Å²) in [7, 11) is 2.04. The second kappa shape index (κ2) is 11.1. The molecule has 2 rings (SSSR count). The molecule has 33 heavy (non-hydrogen) atoms. The number of nitrogens with one attached hydrogen (secondary N) is 2. The minimum Gasteiger partial charge on any atom is -0.351 e. The molecule has 9 heteroatoms. The second-order valence-electron chi connectivity index (χ2n) is 9.32. The number of Topliss-reactive ketones (excluding diaryl/α,β-unsaturated/α-hetero) is 1. The van der Waals surface area contributed by atoms with Gasteiger partial charge in [-0.1, -0.05) is 19.9 Å². The lowest BCUT2D eigenvalue weighted by Crippen LogP contribution is -2.53. The Kier molecular flexibility index (Phi) is 9.05. The lowest BCUT2D eigenvalue weighted by atomic mass is 9.76. The van der Waals surface area contributed by atoms with Gasteiger partial charge in [0, 0.05) is 35.5 Å². The third-order valence-corrected chi connectivity index (χ3v) is 6.36. The first-order valence-electron chi connectivity index (χ1n) is 11.3. The molecule has 3 atom stereocenters. The third kappa shape index (κ3) is 7.28. The Balaban J connectivity index is 2.00. The number of carbonyl (C=O) groups is 3. The number of ketones is 1. The van der Waals surface area contributed by atoms with Crippen LogP contribution in [0.3, 0.4) is 0 Å². The molecule has 0 saturated heterocycles. The molecular formula is C24H34F3N3O3. The fourth-order valence-corrected chi connectivity index (χ4v) is 4.21. The van der Waals surface area contributed by atoms with E-state index >= 15 is 0 Å². The number of rotatable bonds is 8. The number of hydrogen-bond acceptors (Lipinski definition) is 4. The van der Waals surface area contributed by atoms with Gasteiger partial charge in [0.1, 0.15) is 5.78 Å². The molecule has 0 aromatic heterocycles. The molecule has 0 spiro atoms. The quantitative estimate of drug-likeness (QED) is 0.609. The Labute approximate surface area is 193 Å². The van der Waals surface area contributed by atoms with Gasteiger partial charge in [-0.3, -0.25) is 14.4 Å². The zero-order chi connectivity index (χ0) is 24.9. The molecule has 1 aliphatic rings. The summed E-state index contributed by atoms with van der Waals surface area (Å²) in [6, 6.07) is 4.27. The Morgan fingerprint density at radius 2 is 1.79 bits per heavy atom. The van der Waals surface area contributed by atoms with E-state index in [-0.39, 0.29) is 41.8 Å². The lowest BCUT2D eigenvalue weighted by Gasteiger charge is -2.41. The van der Waals surface area contributed by atoms with E-state index in [1.807, 2.05) is 20.9 Å². The van der Waals surface area contributed by atoms with Crippen LogP contribution in [0.25, 0.3) is 0 Å². The highest BCUT2D eigenvalue weighted by atomic mass is 19.4. The lowest BCUT2D eigenvalue weighted by molar-refractivity contribution is -0.137. The number of benzene rings is 1. The molecule has 1 fully saturated rings. The van der Waals surface area contributed by atoms with Crippen LogP contribution in [-0.2, 0) is 15.8 Å². The van der Waals surface area contributed by atoms with Crippen molar-refractivity contribution in [3.05, 3.63) is 35.4 Å². The van der Waals surface area contributed by atoms with Gasteiger partial charge in [0.25, 0.3) is 5.91 Å². The summed E-state index contributed by atoms with van der Waals surface area (Å²) < 4.78 is 38.6. The van der Waals surface area contributed by atoms with Gasteiger partial charge in [-0.15, -0.1) is 0 Å². The summed E-state index contributed by atoms with van der Waals surface area (Å²) in [5.74, 6) is -1.65. The van der Waals surface area contributed by atoms with Gasteiger partial charge in [-0.25, -0.2) is 0 Å². The molecule has 0 bridgehead atoms. The van der Waals surface area contributed by atoms with Gasteiger partial charge in [-0.05, 0) is 58.4 Å². The van der Waals surface area contributed by atoms with Crippen LogP contribution in [0.15, 0.2) is 24.3 Å². The molecule has 184 valence electrons. The molecule has 0 heterocycles. The molecule has 2 N–H and O–H groups in total. The van der Waals surface area contributed by atoms with E-state index in [0.29, 0.717) is 18.9 Å². The van der Waals surface area contributed by atoms with Crippen LogP contribution in [0.2, 0.25) is 0 Å². The van der Waals surface area contributed by atoms with E-state index in [1.165, 1.54) is 6.07 Å². The first kappa shape index (κ1) is 26.8. The van der Waals surface area contributed by atoms with Gasteiger partial charge in [-0.2, -0.15) is 13.2 Å². The first-order valence-corrected chi connectivity index (χ1v) is 11.3. The molecule has 1 aromatic rings. The Bertz CT molecular complexity index is 855. The summed E-state index contributed by atoms with van der Waals surface area (Å²) in [6.45, 7) is 7.49. The summed E-state index contributed by atoms with van der Waals surface area (Å²) in [5, 5.41) is 5.23. The van der Waals surface area contributed by atoms with Gasteiger partial charge in [0.15, 0.2) is 0 Å². The predicted molar refractivity (Wildman–Crippen MR) is 120 cm³/mol. The Morgan fingerprint density at radius 3 is 2.36 bits per heavy atom. The van der Waals surface area contributed by atoms with Crippen LogP contribution in [-0.4, -0.2) is 54.2 Å². The number of halogens is 3. The van der Waals surface area contributed by atoms with Crippen molar-refractivity contribution in [2.45, 2.75) is 71.3 Å². The molecule has 2 amide bonds. The summed E-state index contributed by atoms with van der Waals surface area (Å²) >= 11 is 0. The van der Waals surface area contributed by atoms with Crippen molar-refractivity contribution in [3.63, 3.8) is 0 Å². The minimum absolute atomic E-state index is 0.0927. The van der Waals surface area contributed by atoms with E-state index in [0.717, 1.165) is 24.6 Å². The summed E-state index contributed by atoms with van der Waals surface area (Å²) in [5.41, 5.74) is -1.11. The van der Waals surface area contributed by atoms with Crippen molar-refractivity contribution in [1.29, 1.82) is 0 Å². The fourth-order valence-electron chi connectivity index (χ4n) is 4.21. The number of amides is 2. The van der Waals surface area contributed by atoms with Gasteiger partial charge in [0.05, 0.1) is 12.1 Å². The van der Waals surface area contributed by atoms with Crippen LogP contribution >= 0.6 is 0 Å². The molecule has 0 aliphatic heterocycles. The van der Waals surface area contributed by atoms with Gasteiger partial charge < -0.3 is 15.5 Å². The Morgan fingerprint density at radius 1 is 1.12 bits per heavy atom. The average molecular weight is 470 g/mol. The maximum absolute atomic E-state index is 12.9. The average Bonchev–Trinajstić information content (AvgIpc) is 2.76. The molecule has 6 nitrogen and oxygen atoms in total. The highest BCUT2D eigenvalue weighted by Gasteiger charge is 2.38. The van der Waals surface area contributed by atoms with E-state index in [2.05, 4.69) is 29.4 Å². The van der Waals surface area contributed by atoms with Crippen molar-refractivity contribution >= 4 is 17.6 Å². The van der Waals surface area contributed by atoms with E-state index in [4.69, 9.17) is 0 Å². The molecule has 1 aromatic carbocycles. The minimum atomic E-state index is -4.56. The highest BCUT2D eigenvalue weighted by Crippen LogP contribution is 2.31. The molecule has 0 unspecified atom stereocenters. The van der Waals surface area contributed by atoms with Crippen LogP contribution in [0.5, 0.6) is 0 Å². The maximum atomic E-state index is 12.9. The summed E-state index contributed by atoms with van der Waals surface area (Å²) in [6.07, 6.45) is -2.45. The van der Waals surface area contributed by atoms with E-state index in [1.54, 1.807) is 0 Å². The zero-order valence-corrected chi connectivity index (χ0v) is 19.8. The molecule has 1 saturated carbocycles. The van der Waals surface area contributed by atoms with Crippen molar-refractivity contribution in [3.8, 4) is 0 Å². The van der Waals surface area contributed by atoms with E-state index < -0.39 is 23.6 Å². The topological polar surface area (TPSA) is 78.5 Å². The monoisotopic (exact) mass is 469 g/mol. The number of hydrogen-bond donors (Lipinski definition) is 2. The SMILES string of the molecule is CC(C)C(=O)[C@H]1C[C@H](N(C)C(C)C)CC[C@@H]1NC(=O)CNC(=O)c1cccc(C(F)(F)F)c1. The van der Waals surface area contributed by atoms with Crippen LogP contribution in [0, 0.1) is 11.8 Å². The van der Waals surface area contributed by atoms with Crippen molar-refractivity contribution in [2.75, 3.05) is 13.6 Å². The van der Waals surface area contributed by atoms with Crippen molar-refractivity contribution < 1.29 is 27.6 Å². The first-order chi connectivity index (χ1) is 15.3. The molecule has 0 radical (unpaired) electrons. The third-order valence-electron chi connectivity index (χ3n) is 6.36. The predicted octanol–water partition coefficient (Wildman–Crippen LogP) is 3.65. The number of alkyl halides is 3. The van der Waals surface area contributed by atoms with Crippen molar-refractivity contribution in [2.24, 2.45) is 11.8 Å². The van der Waals surface area contributed by atoms with Crippen molar-refractivity contribution in [1.82, 2.24) is 15.5 Å². The van der Waals surface area contributed by atoms with Crippen LogP contribution in [0.4, 0.5) is 13.2 Å².